The second-order valence-corrected chi connectivity index (χ2v) is 6.90. The van der Waals surface area contributed by atoms with Crippen molar-refractivity contribution in [3.05, 3.63) is 43.8 Å². The van der Waals surface area contributed by atoms with Gasteiger partial charge in [0.25, 0.3) is 0 Å². The summed E-state index contributed by atoms with van der Waals surface area (Å²) in [4.78, 5) is 0. The molecule has 0 aliphatic heterocycles. The number of fused-ring (bicyclic) bond motifs is 2. The van der Waals surface area contributed by atoms with Gasteiger partial charge in [0.2, 0.25) is 0 Å². The van der Waals surface area contributed by atoms with Crippen molar-refractivity contribution in [2.75, 3.05) is 0 Å². The molecule has 0 atom stereocenters. The summed E-state index contributed by atoms with van der Waals surface area (Å²) in [5, 5.41) is 26.3. The van der Waals surface area contributed by atoms with Gasteiger partial charge in [0.15, 0.2) is 0 Å². The molecule has 3 aromatic rings. The minimum Gasteiger partial charge on any atom is -0.507 e. The Labute approximate surface area is 142 Å². The molecule has 0 amide bonds. The topological polar surface area (TPSA) is 40.5 Å². The standard InChI is InChI=1S/C22H24O2/c1-9-10(2)14(6)18-17(13(9)5)21(23)19-15(7)11(3)12(4)16(8)20(19)22(18)24/h23-24H,5-6H2,1-4,7-8H3. The largest absolute Gasteiger partial charge is 0.507 e. The average molecular weight is 320 g/mol. The third-order valence-electron chi connectivity index (χ3n) is 5.96. The Kier molecular flexibility index (Phi) is 3.42. The molecule has 0 bridgehead atoms. The fraction of sp³-hybridized carbons (Fsp3) is 0.273. The highest BCUT2D eigenvalue weighted by molar-refractivity contribution is 6.13. The first-order chi connectivity index (χ1) is 11.1. The number of phenols is 2. The van der Waals surface area contributed by atoms with E-state index in [4.69, 9.17) is 0 Å². The molecule has 24 heavy (non-hydrogen) atoms. The zero-order valence-corrected chi connectivity index (χ0v) is 15.3. The maximum Gasteiger partial charge on any atom is 0.132 e. The van der Waals surface area contributed by atoms with Crippen molar-refractivity contribution in [1.29, 1.82) is 0 Å². The number of aromatic hydroxyl groups is 2. The van der Waals surface area contributed by atoms with Crippen molar-refractivity contribution in [3.8, 4) is 11.5 Å². The lowest BCUT2D eigenvalue weighted by Crippen LogP contribution is -2.18. The number of rotatable bonds is 0. The monoisotopic (exact) mass is 320 g/mol. The molecule has 0 aromatic heterocycles. The number of aryl methyl sites for hydroxylation is 2. The van der Waals surface area contributed by atoms with Gasteiger partial charge in [-0.05, 0) is 85.4 Å². The van der Waals surface area contributed by atoms with Gasteiger partial charge < -0.3 is 10.2 Å². The SMILES string of the molecule is C=c1c(C)c(C)c(=C)c2c(O)c3c(C)c(C)c(C)c(C)c3c(O)c12. The minimum absolute atomic E-state index is 0.194. The molecule has 0 heterocycles. The van der Waals surface area contributed by atoms with Gasteiger partial charge in [0.05, 0.1) is 0 Å². The van der Waals surface area contributed by atoms with Crippen LogP contribution in [0.3, 0.4) is 0 Å². The molecule has 2 heteroatoms. The molecule has 0 unspecified atom stereocenters. The van der Waals surface area contributed by atoms with E-state index in [0.717, 1.165) is 43.8 Å². The van der Waals surface area contributed by atoms with E-state index in [1.165, 1.54) is 0 Å². The van der Waals surface area contributed by atoms with Crippen LogP contribution in [0.5, 0.6) is 11.5 Å². The van der Waals surface area contributed by atoms with Crippen LogP contribution in [-0.4, -0.2) is 10.2 Å². The van der Waals surface area contributed by atoms with Crippen LogP contribution in [0.4, 0.5) is 0 Å². The summed E-state index contributed by atoms with van der Waals surface area (Å²) in [6.45, 7) is 20.3. The predicted octanol–water partition coefficient (Wildman–Crippen LogP) is 4.08. The molecule has 0 fully saturated rings. The lowest BCUT2D eigenvalue weighted by molar-refractivity contribution is 0.477. The van der Waals surface area contributed by atoms with Crippen LogP contribution in [-0.2, 0) is 0 Å². The Balaban J connectivity index is 2.88. The van der Waals surface area contributed by atoms with E-state index >= 15 is 0 Å². The highest BCUT2D eigenvalue weighted by Crippen LogP contribution is 2.44. The van der Waals surface area contributed by atoms with Crippen LogP contribution in [0.1, 0.15) is 33.4 Å². The Morgan fingerprint density at radius 1 is 0.458 bits per heavy atom. The summed E-state index contributed by atoms with van der Waals surface area (Å²) in [6, 6.07) is 0. The molecule has 2 nitrogen and oxygen atoms in total. The van der Waals surface area contributed by atoms with Crippen LogP contribution in [0, 0.1) is 41.5 Å². The van der Waals surface area contributed by atoms with Crippen molar-refractivity contribution in [2.24, 2.45) is 0 Å². The van der Waals surface area contributed by atoms with E-state index in [-0.39, 0.29) is 11.5 Å². The molecule has 0 saturated carbocycles. The van der Waals surface area contributed by atoms with E-state index in [0.29, 0.717) is 21.5 Å². The first kappa shape index (κ1) is 16.4. The molecule has 0 aliphatic carbocycles. The van der Waals surface area contributed by atoms with Crippen molar-refractivity contribution in [2.45, 2.75) is 41.5 Å². The summed E-state index contributed by atoms with van der Waals surface area (Å²) < 4.78 is 0. The van der Waals surface area contributed by atoms with Gasteiger partial charge in [-0.1, -0.05) is 13.2 Å². The Hall–Kier alpha value is -2.48. The van der Waals surface area contributed by atoms with E-state index in [2.05, 4.69) is 27.0 Å². The summed E-state index contributed by atoms with van der Waals surface area (Å²) in [6.07, 6.45) is 0. The molecule has 3 rings (SSSR count). The van der Waals surface area contributed by atoms with Crippen LogP contribution >= 0.6 is 0 Å². The van der Waals surface area contributed by atoms with Crippen LogP contribution in [0.25, 0.3) is 34.7 Å². The number of hydrogen-bond donors (Lipinski definition) is 2. The Morgan fingerprint density at radius 3 is 1.04 bits per heavy atom. The van der Waals surface area contributed by atoms with Gasteiger partial charge in [-0.3, -0.25) is 0 Å². The highest BCUT2D eigenvalue weighted by atomic mass is 16.3. The second kappa shape index (κ2) is 5.01. The second-order valence-electron chi connectivity index (χ2n) is 6.90. The van der Waals surface area contributed by atoms with Crippen molar-refractivity contribution in [3.63, 3.8) is 0 Å². The summed E-state index contributed by atoms with van der Waals surface area (Å²) >= 11 is 0. The molecule has 0 radical (unpaired) electrons. The van der Waals surface area contributed by atoms with Gasteiger partial charge in [-0.25, -0.2) is 0 Å². The van der Waals surface area contributed by atoms with E-state index in [9.17, 15) is 10.2 Å². The molecular weight excluding hydrogens is 296 g/mol. The average Bonchev–Trinajstić information content (AvgIpc) is 2.55. The molecule has 0 spiro atoms. The third-order valence-corrected chi connectivity index (χ3v) is 5.96. The Morgan fingerprint density at radius 2 is 0.750 bits per heavy atom. The van der Waals surface area contributed by atoms with Gasteiger partial charge in [-0.2, -0.15) is 0 Å². The van der Waals surface area contributed by atoms with Gasteiger partial charge in [0.1, 0.15) is 11.5 Å². The van der Waals surface area contributed by atoms with Crippen molar-refractivity contribution in [1.82, 2.24) is 0 Å². The van der Waals surface area contributed by atoms with Gasteiger partial charge in [0, 0.05) is 21.5 Å². The fourth-order valence-corrected chi connectivity index (χ4v) is 3.81. The van der Waals surface area contributed by atoms with Gasteiger partial charge in [-0.15, -0.1) is 0 Å². The van der Waals surface area contributed by atoms with Crippen molar-refractivity contribution >= 4 is 34.7 Å². The summed E-state index contributed by atoms with van der Waals surface area (Å²) in [5.41, 5.74) is 6.26. The lowest BCUT2D eigenvalue weighted by Gasteiger charge is -2.20. The van der Waals surface area contributed by atoms with E-state index in [1.54, 1.807) is 0 Å². The lowest BCUT2D eigenvalue weighted by atomic mass is 9.86. The van der Waals surface area contributed by atoms with E-state index in [1.807, 2.05) is 27.7 Å². The molecular formula is C22H24O2. The highest BCUT2D eigenvalue weighted by Gasteiger charge is 2.21. The molecule has 3 aromatic carbocycles. The maximum atomic E-state index is 11.1. The molecule has 124 valence electrons. The number of benzene rings is 3. The van der Waals surface area contributed by atoms with Crippen molar-refractivity contribution < 1.29 is 10.2 Å². The van der Waals surface area contributed by atoms with Crippen LogP contribution in [0.15, 0.2) is 0 Å². The normalized spacial score (nSPS) is 11.6. The Bertz CT molecular complexity index is 1060. The fourth-order valence-electron chi connectivity index (χ4n) is 3.81. The smallest absolute Gasteiger partial charge is 0.132 e. The zero-order chi connectivity index (χ0) is 18.1. The quantitative estimate of drug-likeness (QED) is 0.484. The summed E-state index contributed by atoms with van der Waals surface area (Å²) in [5.74, 6) is 0.388. The summed E-state index contributed by atoms with van der Waals surface area (Å²) in [7, 11) is 0. The number of phenolic OH excluding ortho intramolecular Hbond substituents is 2. The van der Waals surface area contributed by atoms with Crippen LogP contribution in [0.2, 0.25) is 0 Å². The molecule has 0 saturated heterocycles. The first-order valence-corrected chi connectivity index (χ1v) is 8.15. The maximum absolute atomic E-state index is 11.1. The van der Waals surface area contributed by atoms with Gasteiger partial charge >= 0.3 is 0 Å². The zero-order valence-electron chi connectivity index (χ0n) is 15.3. The minimum atomic E-state index is 0.194. The molecule has 2 N–H and O–H groups in total. The molecule has 0 aliphatic rings. The third kappa shape index (κ3) is 1.77. The number of hydrogen-bond acceptors (Lipinski definition) is 2. The first-order valence-electron chi connectivity index (χ1n) is 8.15. The van der Waals surface area contributed by atoms with Crippen LogP contribution < -0.4 is 10.4 Å². The predicted molar refractivity (Wildman–Crippen MR) is 103 cm³/mol. The van der Waals surface area contributed by atoms with E-state index < -0.39 is 0 Å².